The molecule has 0 spiro atoms. The van der Waals surface area contributed by atoms with E-state index < -0.39 is 0 Å². The van der Waals surface area contributed by atoms with Crippen molar-refractivity contribution in [2.24, 2.45) is 22.8 Å². The number of nitrogen functional groups attached to an aromatic ring is 1. The fourth-order valence-corrected chi connectivity index (χ4v) is 1.67. The Balaban J connectivity index is 2.70. The molecule has 0 aliphatic rings. The van der Waals surface area contributed by atoms with Crippen LogP contribution in [0.5, 0.6) is 5.75 Å². The van der Waals surface area contributed by atoms with E-state index >= 15 is 0 Å². The molecule has 0 saturated carbocycles. The van der Waals surface area contributed by atoms with Crippen LogP contribution in [-0.2, 0) is 4.79 Å². The highest BCUT2D eigenvalue weighted by molar-refractivity contribution is 5.94. The van der Waals surface area contributed by atoms with Crippen LogP contribution in [0.4, 0.5) is 0 Å². The number of amidine groups is 1. The number of nitrogens with two attached hydrogens (primary N) is 2. The molecule has 1 atom stereocenters. The van der Waals surface area contributed by atoms with Gasteiger partial charge in [-0.1, -0.05) is 20.8 Å². The summed E-state index contributed by atoms with van der Waals surface area (Å²) >= 11 is 0. The van der Waals surface area contributed by atoms with Gasteiger partial charge in [-0.3, -0.25) is 10.2 Å². The summed E-state index contributed by atoms with van der Waals surface area (Å²) in [6.45, 7) is 6.08. The van der Waals surface area contributed by atoms with Crippen molar-refractivity contribution in [1.29, 1.82) is 5.41 Å². The molecule has 0 aromatic heterocycles. The van der Waals surface area contributed by atoms with E-state index in [-0.39, 0.29) is 29.7 Å². The number of carbonyl (C=O) groups is 1. The Morgan fingerprint density at radius 1 is 1.26 bits per heavy atom. The molecule has 0 fully saturated rings. The van der Waals surface area contributed by atoms with E-state index in [1.54, 1.807) is 24.3 Å². The van der Waals surface area contributed by atoms with Crippen LogP contribution in [-0.4, -0.2) is 18.3 Å². The SMILES string of the molecule is CC(C)(C)C(COc1ccc(C(=N)N)cc1)C(N)=O. The third kappa shape index (κ3) is 4.28. The normalized spacial score (nSPS) is 12.8. The van der Waals surface area contributed by atoms with Gasteiger partial charge in [0.05, 0.1) is 5.92 Å². The zero-order valence-electron chi connectivity index (χ0n) is 11.6. The predicted octanol–water partition coefficient (Wildman–Crippen LogP) is 1.50. The minimum Gasteiger partial charge on any atom is -0.493 e. The van der Waals surface area contributed by atoms with Gasteiger partial charge in [0, 0.05) is 5.56 Å². The maximum atomic E-state index is 11.4. The first-order valence-corrected chi connectivity index (χ1v) is 6.08. The maximum Gasteiger partial charge on any atom is 0.224 e. The molecule has 0 saturated heterocycles. The van der Waals surface area contributed by atoms with Crippen molar-refractivity contribution in [2.75, 3.05) is 6.61 Å². The summed E-state index contributed by atoms with van der Waals surface area (Å²) in [6, 6.07) is 6.84. The molecule has 5 nitrogen and oxygen atoms in total. The second kappa shape index (κ2) is 5.73. The fraction of sp³-hybridized carbons (Fsp3) is 0.429. The molecule has 0 aliphatic heterocycles. The Morgan fingerprint density at radius 3 is 2.16 bits per heavy atom. The lowest BCUT2D eigenvalue weighted by atomic mass is 9.81. The van der Waals surface area contributed by atoms with Crippen LogP contribution >= 0.6 is 0 Å². The van der Waals surface area contributed by atoms with Crippen LogP contribution in [0.15, 0.2) is 24.3 Å². The molecule has 0 aliphatic carbocycles. The highest BCUT2D eigenvalue weighted by Gasteiger charge is 2.30. The van der Waals surface area contributed by atoms with Gasteiger partial charge in [-0.05, 0) is 29.7 Å². The summed E-state index contributed by atoms with van der Waals surface area (Å²) in [4.78, 5) is 11.4. The molecule has 5 heteroatoms. The number of hydrogen-bond acceptors (Lipinski definition) is 3. The Morgan fingerprint density at radius 2 is 1.79 bits per heavy atom. The van der Waals surface area contributed by atoms with Crippen molar-refractivity contribution in [3.05, 3.63) is 29.8 Å². The summed E-state index contributed by atoms with van der Waals surface area (Å²) in [5, 5.41) is 7.29. The van der Waals surface area contributed by atoms with Crippen molar-refractivity contribution >= 4 is 11.7 Å². The lowest BCUT2D eigenvalue weighted by molar-refractivity contribution is -0.126. The number of ether oxygens (including phenoxy) is 1. The molecule has 0 bridgehead atoms. The zero-order valence-corrected chi connectivity index (χ0v) is 11.6. The van der Waals surface area contributed by atoms with E-state index in [1.807, 2.05) is 20.8 Å². The molecule has 1 aromatic carbocycles. The van der Waals surface area contributed by atoms with Gasteiger partial charge in [-0.2, -0.15) is 0 Å². The molecule has 1 rings (SSSR count). The number of primary amides is 1. The average Bonchev–Trinajstić information content (AvgIpc) is 2.27. The third-order valence-corrected chi connectivity index (χ3v) is 2.97. The highest BCUT2D eigenvalue weighted by Crippen LogP contribution is 2.26. The molecule has 0 heterocycles. The van der Waals surface area contributed by atoms with E-state index in [1.165, 1.54) is 0 Å². The second-order valence-electron chi connectivity index (χ2n) is 5.57. The number of benzene rings is 1. The van der Waals surface area contributed by atoms with Crippen molar-refractivity contribution in [3.8, 4) is 5.75 Å². The summed E-state index contributed by atoms with van der Waals surface area (Å²) in [5.74, 6) is -0.0930. The van der Waals surface area contributed by atoms with Gasteiger partial charge in [0.2, 0.25) is 5.91 Å². The van der Waals surface area contributed by atoms with E-state index in [0.717, 1.165) is 0 Å². The number of carbonyl (C=O) groups excluding carboxylic acids is 1. The first kappa shape index (κ1) is 15.0. The summed E-state index contributed by atoms with van der Waals surface area (Å²) in [7, 11) is 0. The van der Waals surface area contributed by atoms with Gasteiger partial charge >= 0.3 is 0 Å². The van der Waals surface area contributed by atoms with Gasteiger partial charge in [-0.15, -0.1) is 0 Å². The molecular weight excluding hydrogens is 242 g/mol. The molecule has 1 amide bonds. The fourth-order valence-electron chi connectivity index (χ4n) is 1.67. The standard InChI is InChI=1S/C14H21N3O2/c1-14(2,3)11(13(17)18)8-19-10-6-4-9(5-7-10)12(15)16/h4-7,11H,8H2,1-3H3,(H3,15,16)(H2,17,18). The highest BCUT2D eigenvalue weighted by atomic mass is 16.5. The van der Waals surface area contributed by atoms with Crippen LogP contribution in [0.3, 0.4) is 0 Å². The molecule has 5 N–H and O–H groups in total. The molecular formula is C14H21N3O2. The first-order valence-electron chi connectivity index (χ1n) is 6.08. The summed E-state index contributed by atoms with van der Waals surface area (Å²) < 4.78 is 5.58. The molecule has 0 radical (unpaired) electrons. The number of rotatable bonds is 5. The van der Waals surface area contributed by atoms with E-state index in [4.69, 9.17) is 21.6 Å². The van der Waals surface area contributed by atoms with Gasteiger partial charge < -0.3 is 16.2 Å². The monoisotopic (exact) mass is 263 g/mol. The van der Waals surface area contributed by atoms with Gasteiger partial charge in [0.25, 0.3) is 0 Å². The molecule has 1 unspecified atom stereocenters. The third-order valence-electron chi connectivity index (χ3n) is 2.97. The smallest absolute Gasteiger partial charge is 0.224 e. The van der Waals surface area contributed by atoms with Crippen LogP contribution in [0.25, 0.3) is 0 Å². The topological polar surface area (TPSA) is 102 Å². The Labute approximate surface area is 113 Å². The lowest BCUT2D eigenvalue weighted by Crippen LogP contribution is -2.38. The van der Waals surface area contributed by atoms with Crippen molar-refractivity contribution < 1.29 is 9.53 Å². The molecule has 104 valence electrons. The Bertz CT molecular complexity index is 461. The van der Waals surface area contributed by atoms with Crippen molar-refractivity contribution in [3.63, 3.8) is 0 Å². The van der Waals surface area contributed by atoms with E-state index in [9.17, 15) is 4.79 Å². The Kier molecular flexibility index (Phi) is 4.53. The van der Waals surface area contributed by atoms with Gasteiger partial charge in [0.15, 0.2) is 0 Å². The van der Waals surface area contributed by atoms with Crippen LogP contribution < -0.4 is 16.2 Å². The minimum absolute atomic E-state index is 0.0104. The summed E-state index contributed by atoms with van der Waals surface area (Å²) in [5.41, 5.74) is 11.1. The van der Waals surface area contributed by atoms with Crippen LogP contribution in [0, 0.1) is 16.7 Å². The number of amides is 1. The number of nitrogens with one attached hydrogen (secondary N) is 1. The summed E-state index contributed by atoms with van der Waals surface area (Å²) in [6.07, 6.45) is 0. The van der Waals surface area contributed by atoms with E-state index in [2.05, 4.69) is 0 Å². The van der Waals surface area contributed by atoms with E-state index in [0.29, 0.717) is 11.3 Å². The molecule has 1 aromatic rings. The maximum absolute atomic E-state index is 11.4. The largest absolute Gasteiger partial charge is 0.493 e. The lowest BCUT2D eigenvalue weighted by Gasteiger charge is -2.27. The van der Waals surface area contributed by atoms with Crippen LogP contribution in [0.1, 0.15) is 26.3 Å². The average molecular weight is 263 g/mol. The zero-order chi connectivity index (χ0) is 14.6. The van der Waals surface area contributed by atoms with Gasteiger partial charge in [0.1, 0.15) is 18.2 Å². The van der Waals surface area contributed by atoms with Crippen molar-refractivity contribution in [2.45, 2.75) is 20.8 Å². The van der Waals surface area contributed by atoms with Gasteiger partial charge in [-0.25, -0.2) is 0 Å². The predicted molar refractivity (Wildman–Crippen MR) is 75.1 cm³/mol. The minimum atomic E-state index is -0.368. The van der Waals surface area contributed by atoms with Crippen LogP contribution in [0.2, 0.25) is 0 Å². The first-order chi connectivity index (χ1) is 8.71. The Hall–Kier alpha value is -2.04. The second-order valence-corrected chi connectivity index (χ2v) is 5.57. The quantitative estimate of drug-likeness (QED) is 0.554. The van der Waals surface area contributed by atoms with Crippen molar-refractivity contribution in [1.82, 2.24) is 0 Å². The number of hydrogen-bond donors (Lipinski definition) is 3. The molecule has 19 heavy (non-hydrogen) atoms.